The number of likely N-dealkylation sites (tertiary alicyclic amines) is 1. The molecule has 0 saturated carbocycles. The molecular weight excluding hydrogens is 438 g/mol. The molecule has 0 radical (unpaired) electrons. The van der Waals surface area contributed by atoms with Crippen LogP contribution in [0.2, 0.25) is 5.02 Å². The van der Waals surface area contributed by atoms with Crippen LogP contribution in [0, 0.1) is 6.92 Å². The van der Waals surface area contributed by atoms with Gasteiger partial charge in [0.05, 0.1) is 5.56 Å². The van der Waals surface area contributed by atoms with Crippen molar-refractivity contribution in [3.63, 3.8) is 0 Å². The van der Waals surface area contributed by atoms with Crippen molar-refractivity contribution >= 4 is 61.6 Å². The number of nitrogens with zero attached hydrogens (tertiary/aromatic N) is 2. The number of hydrogen-bond acceptors (Lipinski definition) is 6. The third kappa shape index (κ3) is 3.29. The Morgan fingerprint density at radius 2 is 2.00 bits per heavy atom. The van der Waals surface area contributed by atoms with Crippen LogP contribution in [-0.4, -0.2) is 39.4 Å². The number of aryl methyl sites for hydroxylation is 1. The zero-order valence-electron chi connectivity index (χ0n) is 16.4. The normalized spacial score (nSPS) is 18.1. The maximum atomic E-state index is 13.3. The van der Waals surface area contributed by atoms with Crippen LogP contribution in [0.15, 0.2) is 35.2 Å². The Morgan fingerprint density at radius 3 is 2.77 bits per heavy atom. The molecule has 2 N–H and O–H groups in total. The highest BCUT2D eigenvalue weighted by Crippen LogP contribution is 2.49. The van der Waals surface area contributed by atoms with Gasteiger partial charge in [0.25, 0.3) is 5.91 Å². The van der Waals surface area contributed by atoms with E-state index in [0.717, 1.165) is 39.2 Å². The molecule has 0 bridgehead atoms. The summed E-state index contributed by atoms with van der Waals surface area (Å²) in [6.45, 7) is 3.13. The molecule has 1 saturated heterocycles. The molecule has 154 valence electrons. The molecule has 0 atom stereocenters. The first-order chi connectivity index (χ1) is 14.3. The number of halogens is 1. The Labute approximate surface area is 187 Å². The van der Waals surface area contributed by atoms with Gasteiger partial charge in [-0.15, -0.1) is 11.8 Å². The fraction of sp³-hybridized carbons (Fsp3) is 0.318. The van der Waals surface area contributed by atoms with Crippen LogP contribution >= 0.6 is 34.7 Å². The van der Waals surface area contributed by atoms with E-state index in [1.165, 1.54) is 11.3 Å². The first-order valence-corrected chi connectivity index (χ1v) is 11.8. The molecule has 1 fully saturated rings. The van der Waals surface area contributed by atoms with Gasteiger partial charge in [-0.2, -0.15) is 0 Å². The predicted octanol–water partition coefficient (Wildman–Crippen LogP) is 5.19. The molecule has 1 aromatic carbocycles. The molecule has 2 aromatic heterocycles. The van der Waals surface area contributed by atoms with Crippen molar-refractivity contribution in [3.8, 4) is 0 Å². The van der Waals surface area contributed by atoms with Crippen LogP contribution in [-0.2, 0) is 0 Å². The van der Waals surface area contributed by atoms with E-state index in [9.17, 15) is 9.59 Å². The van der Waals surface area contributed by atoms with Gasteiger partial charge in [-0.3, -0.25) is 9.59 Å². The highest BCUT2D eigenvalue weighted by atomic mass is 35.5. The molecule has 5 rings (SSSR count). The first kappa shape index (κ1) is 19.8. The SMILES string of the molecule is Cc1ccc2c(C(=O)N3CCC4(CC3)CC(=O)c3ccc(Cl)cc3S4)c(N)sc2n1. The second kappa shape index (κ2) is 7.25. The number of thiophene rings is 1. The van der Waals surface area contributed by atoms with Crippen molar-refractivity contribution in [3.05, 3.63) is 52.2 Å². The quantitative estimate of drug-likeness (QED) is 0.543. The number of anilines is 1. The van der Waals surface area contributed by atoms with Crippen LogP contribution in [0.1, 0.15) is 45.7 Å². The van der Waals surface area contributed by atoms with Crippen LogP contribution in [0.3, 0.4) is 0 Å². The molecule has 1 amide bonds. The molecule has 5 nitrogen and oxygen atoms in total. The summed E-state index contributed by atoms with van der Waals surface area (Å²) in [5.41, 5.74) is 8.42. The van der Waals surface area contributed by atoms with E-state index >= 15 is 0 Å². The number of carbonyl (C=O) groups is 2. The van der Waals surface area contributed by atoms with Gasteiger partial charge >= 0.3 is 0 Å². The minimum Gasteiger partial charge on any atom is -0.390 e. The molecule has 2 aliphatic rings. The number of fused-ring (bicyclic) bond motifs is 2. The van der Waals surface area contributed by atoms with E-state index in [2.05, 4.69) is 4.98 Å². The van der Waals surface area contributed by atoms with Crippen LogP contribution in [0.5, 0.6) is 0 Å². The molecule has 1 spiro atoms. The highest BCUT2D eigenvalue weighted by Gasteiger charge is 2.43. The Balaban J connectivity index is 1.37. The maximum Gasteiger partial charge on any atom is 0.257 e. The predicted molar refractivity (Wildman–Crippen MR) is 123 cm³/mol. The second-order valence-electron chi connectivity index (χ2n) is 7.96. The topological polar surface area (TPSA) is 76.3 Å². The summed E-state index contributed by atoms with van der Waals surface area (Å²) >= 11 is 9.25. The molecule has 8 heteroatoms. The number of aromatic nitrogens is 1. The largest absolute Gasteiger partial charge is 0.390 e. The van der Waals surface area contributed by atoms with Gasteiger partial charge in [0, 0.05) is 50.8 Å². The average Bonchev–Trinajstić information content (AvgIpc) is 3.02. The summed E-state index contributed by atoms with van der Waals surface area (Å²) in [4.78, 5) is 34.1. The van der Waals surface area contributed by atoms with Gasteiger partial charge in [-0.25, -0.2) is 4.98 Å². The van der Waals surface area contributed by atoms with Crippen molar-refractivity contribution in [2.45, 2.75) is 35.8 Å². The van der Waals surface area contributed by atoms with Crippen molar-refractivity contribution in [1.29, 1.82) is 0 Å². The standard InChI is InChI=1S/C22H20ClN3O2S2/c1-12-2-4-15-18(19(24)29-20(15)25-12)21(28)26-8-6-22(7-9-26)11-16(27)14-5-3-13(23)10-17(14)30-22/h2-5,10H,6-9,11,24H2,1H3. The number of pyridine rings is 1. The lowest BCUT2D eigenvalue weighted by molar-refractivity contribution is 0.0699. The Morgan fingerprint density at radius 1 is 1.23 bits per heavy atom. The van der Waals surface area contributed by atoms with Crippen LogP contribution < -0.4 is 5.73 Å². The Hall–Kier alpha value is -2.09. The first-order valence-electron chi connectivity index (χ1n) is 9.82. The molecular formula is C22H20ClN3O2S2. The number of nitrogen functional groups attached to an aromatic ring is 1. The van der Waals surface area contributed by atoms with E-state index in [1.807, 2.05) is 36.1 Å². The summed E-state index contributed by atoms with van der Waals surface area (Å²) in [7, 11) is 0. The number of nitrogens with two attached hydrogens (primary N) is 1. The summed E-state index contributed by atoms with van der Waals surface area (Å²) in [6.07, 6.45) is 2.03. The number of thioether (sulfide) groups is 1. The monoisotopic (exact) mass is 457 g/mol. The second-order valence-corrected chi connectivity index (χ2v) is 10.9. The number of rotatable bonds is 1. The number of Topliss-reactive ketones (excluding diaryl/α,β-unsaturated/α-hetero) is 1. The Bertz CT molecular complexity index is 1200. The molecule has 0 aliphatic carbocycles. The van der Waals surface area contributed by atoms with E-state index < -0.39 is 0 Å². The van der Waals surface area contributed by atoms with Gasteiger partial charge in [0.15, 0.2) is 5.78 Å². The highest BCUT2D eigenvalue weighted by molar-refractivity contribution is 8.01. The molecule has 3 aromatic rings. The zero-order chi connectivity index (χ0) is 21.0. The van der Waals surface area contributed by atoms with Crippen molar-refractivity contribution in [2.75, 3.05) is 18.8 Å². The minimum absolute atomic E-state index is 0.0465. The smallest absolute Gasteiger partial charge is 0.257 e. The van der Waals surface area contributed by atoms with Crippen molar-refractivity contribution in [2.24, 2.45) is 0 Å². The van der Waals surface area contributed by atoms with E-state index in [1.54, 1.807) is 17.8 Å². The van der Waals surface area contributed by atoms with Crippen molar-refractivity contribution in [1.82, 2.24) is 9.88 Å². The zero-order valence-corrected chi connectivity index (χ0v) is 18.8. The van der Waals surface area contributed by atoms with E-state index in [-0.39, 0.29) is 16.4 Å². The van der Waals surface area contributed by atoms with Gasteiger partial charge in [-0.1, -0.05) is 22.9 Å². The van der Waals surface area contributed by atoms with Gasteiger partial charge < -0.3 is 10.6 Å². The third-order valence-electron chi connectivity index (χ3n) is 5.95. The van der Waals surface area contributed by atoms with E-state index in [4.69, 9.17) is 17.3 Å². The molecule has 4 heterocycles. The average molecular weight is 458 g/mol. The summed E-state index contributed by atoms with van der Waals surface area (Å²) < 4.78 is -0.174. The van der Waals surface area contributed by atoms with Crippen LogP contribution in [0.25, 0.3) is 10.2 Å². The summed E-state index contributed by atoms with van der Waals surface area (Å²) in [5.74, 6) is 0.115. The lowest BCUT2D eigenvalue weighted by Gasteiger charge is -2.43. The van der Waals surface area contributed by atoms with Gasteiger partial charge in [0.2, 0.25) is 0 Å². The molecule has 0 unspecified atom stereocenters. The number of hydrogen-bond donors (Lipinski definition) is 1. The fourth-order valence-corrected chi connectivity index (χ4v) is 7.08. The minimum atomic E-state index is -0.174. The number of ketones is 1. The Kier molecular flexibility index (Phi) is 4.80. The van der Waals surface area contributed by atoms with Gasteiger partial charge in [0.1, 0.15) is 9.83 Å². The lowest BCUT2D eigenvalue weighted by Crippen LogP contribution is -2.47. The molecule has 2 aliphatic heterocycles. The number of benzene rings is 1. The lowest BCUT2D eigenvalue weighted by atomic mass is 9.87. The number of amides is 1. The van der Waals surface area contributed by atoms with Crippen LogP contribution in [0.4, 0.5) is 5.00 Å². The fourth-order valence-electron chi connectivity index (χ4n) is 4.33. The maximum absolute atomic E-state index is 13.3. The van der Waals surface area contributed by atoms with Gasteiger partial charge in [-0.05, 0) is 50.1 Å². The van der Waals surface area contributed by atoms with E-state index in [0.29, 0.717) is 35.1 Å². The third-order valence-corrected chi connectivity index (χ3v) is 8.66. The summed E-state index contributed by atoms with van der Waals surface area (Å²) in [6, 6.07) is 9.30. The number of carbonyl (C=O) groups excluding carboxylic acids is 2. The summed E-state index contributed by atoms with van der Waals surface area (Å²) in [5, 5.41) is 1.97. The number of piperidine rings is 1. The van der Waals surface area contributed by atoms with Crippen molar-refractivity contribution < 1.29 is 9.59 Å². The molecule has 30 heavy (non-hydrogen) atoms.